The molecule has 1 amide bonds. The predicted octanol–water partition coefficient (Wildman–Crippen LogP) is 2.23. The molecular formula is C19H21NO3. The maximum Gasteiger partial charge on any atom is 0.263 e. The molecule has 120 valence electrons. The molecule has 23 heavy (non-hydrogen) atoms. The molecule has 1 aliphatic heterocycles. The molecule has 0 spiro atoms. The smallest absolute Gasteiger partial charge is 0.263 e. The summed E-state index contributed by atoms with van der Waals surface area (Å²) in [4.78, 5) is 14.4. The summed E-state index contributed by atoms with van der Waals surface area (Å²) in [7, 11) is 0. The van der Waals surface area contributed by atoms with Gasteiger partial charge in [0.05, 0.1) is 11.8 Å². The predicted molar refractivity (Wildman–Crippen MR) is 89.1 cm³/mol. The summed E-state index contributed by atoms with van der Waals surface area (Å²) in [6, 6.07) is 17.2. The van der Waals surface area contributed by atoms with Crippen LogP contribution in [0.15, 0.2) is 54.6 Å². The van der Waals surface area contributed by atoms with Crippen LogP contribution in [0.1, 0.15) is 24.5 Å². The van der Waals surface area contributed by atoms with Gasteiger partial charge in [-0.3, -0.25) is 4.79 Å². The van der Waals surface area contributed by atoms with Crippen LogP contribution in [0, 0.1) is 0 Å². The van der Waals surface area contributed by atoms with Crippen molar-refractivity contribution in [3.05, 3.63) is 65.7 Å². The summed E-state index contributed by atoms with van der Waals surface area (Å²) < 4.78 is 0. The lowest BCUT2D eigenvalue weighted by atomic mass is 9.90. The van der Waals surface area contributed by atoms with Gasteiger partial charge in [-0.15, -0.1) is 0 Å². The summed E-state index contributed by atoms with van der Waals surface area (Å²) >= 11 is 0. The largest absolute Gasteiger partial charge is 0.393 e. The fourth-order valence-corrected chi connectivity index (χ4v) is 3.24. The quantitative estimate of drug-likeness (QED) is 0.890. The number of benzene rings is 2. The molecule has 1 heterocycles. The van der Waals surface area contributed by atoms with Gasteiger partial charge in [-0.1, -0.05) is 48.5 Å². The Morgan fingerprint density at radius 3 is 2.43 bits per heavy atom. The van der Waals surface area contributed by atoms with E-state index >= 15 is 0 Å². The van der Waals surface area contributed by atoms with Gasteiger partial charge in [0.2, 0.25) is 0 Å². The highest BCUT2D eigenvalue weighted by atomic mass is 16.3. The third-order valence-electron chi connectivity index (χ3n) is 4.30. The van der Waals surface area contributed by atoms with Crippen molar-refractivity contribution in [1.82, 2.24) is 0 Å². The first-order valence-corrected chi connectivity index (χ1v) is 7.88. The van der Waals surface area contributed by atoms with Gasteiger partial charge >= 0.3 is 0 Å². The number of rotatable bonds is 5. The molecule has 1 aliphatic rings. The van der Waals surface area contributed by atoms with Crippen molar-refractivity contribution in [2.75, 3.05) is 11.4 Å². The van der Waals surface area contributed by atoms with Gasteiger partial charge in [-0.2, -0.15) is 0 Å². The van der Waals surface area contributed by atoms with Crippen molar-refractivity contribution in [3.63, 3.8) is 0 Å². The number of nitrogens with zero attached hydrogens (tertiary/aromatic N) is 1. The molecule has 2 N–H and O–H groups in total. The van der Waals surface area contributed by atoms with E-state index in [0.717, 1.165) is 11.3 Å². The van der Waals surface area contributed by atoms with E-state index in [4.69, 9.17) is 0 Å². The first-order chi connectivity index (χ1) is 11.0. The van der Waals surface area contributed by atoms with Crippen LogP contribution in [-0.4, -0.2) is 28.8 Å². The van der Waals surface area contributed by atoms with Gasteiger partial charge in [0.25, 0.3) is 5.91 Å². The molecule has 0 saturated carbocycles. The molecule has 2 aromatic carbocycles. The molecule has 0 saturated heterocycles. The molecule has 0 fully saturated rings. The Morgan fingerprint density at radius 2 is 1.74 bits per heavy atom. The van der Waals surface area contributed by atoms with Crippen molar-refractivity contribution in [3.8, 4) is 0 Å². The van der Waals surface area contributed by atoms with E-state index in [2.05, 4.69) is 0 Å². The Bertz CT molecular complexity index is 699. The zero-order valence-corrected chi connectivity index (χ0v) is 13.1. The minimum atomic E-state index is -1.64. The number of anilines is 1. The van der Waals surface area contributed by atoms with E-state index in [0.29, 0.717) is 18.5 Å². The van der Waals surface area contributed by atoms with Crippen LogP contribution in [0.3, 0.4) is 0 Å². The van der Waals surface area contributed by atoms with E-state index in [9.17, 15) is 15.0 Å². The average molecular weight is 311 g/mol. The van der Waals surface area contributed by atoms with E-state index in [-0.39, 0.29) is 12.3 Å². The summed E-state index contributed by atoms with van der Waals surface area (Å²) in [6.07, 6.45) is -0.0397. The number of para-hydroxylation sites is 1. The first kappa shape index (κ1) is 15.7. The van der Waals surface area contributed by atoms with Crippen molar-refractivity contribution in [2.24, 2.45) is 0 Å². The number of fused-ring (bicyclic) bond motifs is 1. The van der Waals surface area contributed by atoms with Crippen molar-refractivity contribution in [1.29, 1.82) is 0 Å². The molecule has 4 heteroatoms. The number of amides is 1. The molecule has 0 radical (unpaired) electrons. The summed E-state index contributed by atoms with van der Waals surface area (Å²) in [5.74, 6) is -0.351. The van der Waals surface area contributed by atoms with Crippen LogP contribution in [0.25, 0.3) is 0 Å². The molecule has 0 aliphatic carbocycles. The molecule has 3 rings (SSSR count). The third-order valence-corrected chi connectivity index (χ3v) is 4.30. The zero-order chi connectivity index (χ0) is 16.4. The maximum atomic E-state index is 12.8. The summed E-state index contributed by atoms with van der Waals surface area (Å²) in [5, 5.41) is 20.6. The SMILES string of the molecule is C[C@H](O)C[C@@]1(O)C(=O)N(CCc2ccccc2)c2ccccc21. The van der Waals surface area contributed by atoms with Crippen LogP contribution in [0.4, 0.5) is 5.69 Å². The van der Waals surface area contributed by atoms with Crippen LogP contribution in [-0.2, 0) is 16.8 Å². The number of aliphatic hydroxyl groups is 2. The highest BCUT2D eigenvalue weighted by molar-refractivity contribution is 6.06. The fraction of sp³-hybridized carbons (Fsp3) is 0.316. The minimum absolute atomic E-state index is 0.00465. The van der Waals surface area contributed by atoms with Crippen LogP contribution < -0.4 is 4.90 Å². The summed E-state index contributed by atoms with van der Waals surface area (Å²) in [6.45, 7) is 2.09. The molecule has 2 aromatic rings. The van der Waals surface area contributed by atoms with Crippen LogP contribution in [0.5, 0.6) is 0 Å². The minimum Gasteiger partial charge on any atom is -0.393 e. The van der Waals surface area contributed by atoms with Gasteiger partial charge in [-0.05, 0) is 25.0 Å². The second kappa shape index (κ2) is 6.14. The van der Waals surface area contributed by atoms with Gasteiger partial charge in [-0.25, -0.2) is 0 Å². The van der Waals surface area contributed by atoms with Gasteiger partial charge < -0.3 is 15.1 Å². The Kier molecular flexibility index (Phi) is 4.20. The lowest BCUT2D eigenvalue weighted by Gasteiger charge is -2.24. The normalized spacial score (nSPS) is 21.3. The highest BCUT2D eigenvalue weighted by Crippen LogP contribution is 2.42. The molecule has 0 unspecified atom stereocenters. The molecule has 4 nitrogen and oxygen atoms in total. The van der Waals surface area contributed by atoms with Crippen LogP contribution in [0.2, 0.25) is 0 Å². The monoisotopic (exact) mass is 311 g/mol. The van der Waals surface area contributed by atoms with Gasteiger partial charge in [0, 0.05) is 18.5 Å². The highest BCUT2D eigenvalue weighted by Gasteiger charge is 2.49. The number of hydrogen-bond acceptors (Lipinski definition) is 3. The zero-order valence-electron chi connectivity index (χ0n) is 13.1. The van der Waals surface area contributed by atoms with Gasteiger partial charge in [0.1, 0.15) is 0 Å². The number of carbonyl (C=O) groups excluding carboxylic acids is 1. The van der Waals surface area contributed by atoms with E-state index in [1.54, 1.807) is 24.0 Å². The lowest BCUT2D eigenvalue weighted by molar-refractivity contribution is -0.139. The van der Waals surface area contributed by atoms with Crippen molar-refractivity contribution >= 4 is 11.6 Å². The average Bonchev–Trinajstić information content (AvgIpc) is 2.75. The number of carbonyl (C=O) groups is 1. The summed E-state index contributed by atoms with van der Waals surface area (Å²) in [5.41, 5.74) is 0.820. The molecule has 0 aromatic heterocycles. The van der Waals surface area contributed by atoms with E-state index < -0.39 is 11.7 Å². The van der Waals surface area contributed by atoms with E-state index in [1.807, 2.05) is 42.5 Å². The second-order valence-electron chi connectivity index (χ2n) is 6.12. The fourth-order valence-electron chi connectivity index (χ4n) is 3.24. The Morgan fingerprint density at radius 1 is 1.09 bits per heavy atom. The second-order valence-corrected chi connectivity index (χ2v) is 6.12. The number of hydrogen-bond donors (Lipinski definition) is 2. The van der Waals surface area contributed by atoms with Crippen molar-refractivity contribution in [2.45, 2.75) is 31.5 Å². The Balaban J connectivity index is 1.88. The topological polar surface area (TPSA) is 60.8 Å². The van der Waals surface area contributed by atoms with Crippen LogP contribution >= 0.6 is 0 Å². The third kappa shape index (κ3) is 2.87. The van der Waals surface area contributed by atoms with Gasteiger partial charge in [0.15, 0.2) is 5.60 Å². The molecule has 0 bridgehead atoms. The standard InChI is InChI=1S/C19H21NO3/c1-14(21)13-19(23)16-9-5-6-10-17(16)20(18(19)22)12-11-15-7-3-2-4-8-15/h2-10,14,21,23H,11-13H2,1H3/t14-,19-/m0/s1. The molecule has 2 atom stereocenters. The van der Waals surface area contributed by atoms with E-state index in [1.165, 1.54) is 0 Å². The number of aliphatic hydroxyl groups excluding tert-OH is 1. The lowest BCUT2D eigenvalue weighted by Crippen LogP contribution is -2.42. The maximum absolute atomic E-state index is 12.8. The Hall–Kier alpha value is -2.17. The first-order valence-electron chi connectivity index (χ1n) is 7.88. The van der Waals surface area contributed by atoms with Crippen molar-refractivity contribution < 1.29 is 15.0 Å². The Labute approximate surface area is 136 Å². The molecular weight excluding hydrogens is 290 g/mol.